The molecule has 0 aromatic heterocycles. The Kier molecular flexibility index (Phi) is 5.54. The fourth-order valence-electron chi connectivity index (χ4n) is 3.23. The molecule has 1 heteroatoms. The zero-order chi connectivity index (χ0) is 16.1. The van der Waals surface area contributed by atoms with Crippen molar-refractivity contribution in [2.75, 3.05) is 6.54 Å². The minimum absolute atomic E-state index is 0.635. The van der Waals surface area contributed by atoms with Crippen LogP contribution < -0.4 is 0 Å². The number of hydrogen-bond acceptors (Lipinski definition) is 0. The lowest BCUT2D eigenvalue weighted by Crippen LogP contribution is -2.31. The summed E-state index contributed by atoms with van der Waals surface area (Å²) in [6, 6.07) is 0. The Balaban J connectivity index is 2.36. The maximum atomic E-state index is 4.14. The maximum Gasteiger partial charge on any atom is 0.181 e. The van der Waals surface area contributed by atoms with Crippen LogP contribution in [-0.4, -0.2) is 16.8 Å². The van der Waals surface area contributed by atoms with Crippen LogP contribution in [0.2, 0.25) is 0 Å². The van der Waals surface area contributed by atoms with Crippen LogP contribution in [0.4, 0.5) is 0 Å². The summed E-state index contributed by atoms with van der Waals surface area (Å²) in [6.45, 7) is 15.6. The fraction of sp³-hybridized carbons (Fsp3) is 0.381. The summed E-state index contributed by atoms with van der Waals surface area (Å²) in [7, 11) is 0. The molecule has 0 N–H and O–H groups in total. The quantitative estimate of drug-likeness (QED) is 0.475. The van der Waals surface area contributed by atoms with Gasteiger partial charge < -0.3 is 0 Å². The summed E-state index contributed by atoms with van der Waals surface area (Å²) in [5, 5.41) is 0. The van der Waals surface area contributed by atoms with E-state index in [1.807, 2.05) is 12.2 Å². The van der Waals surface area contributed by atoms with Gasteiger partial charge in [0, 0.05) is 24.0 Å². The van der Waals surface area contributed by atoms with E-state index in [-0.39, 0.29) is 0 Å². The lowest BCUT2D eigenvalue weighted by molar-refractivity contribution is -0.466. The first-order valence-corrected chi connectivity index (χ1v) is 8.25. The SMILES string of the molecule is C=C/C=C\C(=C)/C(C)=C/[N+]1=C(C)C2=C(C=CCC2)C(CC)C1. The molecule has 1 nitrogen and oxygen atoms in total. The van der Waals surface area contributed by atoms with Gasteiger partial charge in [0.15, 0.2) is 18.5 Å². The topological polar surface area (TPSA) is 3.01 Å². The van der Waals surface area contributed by atoms with Gasteiger partial charge in [-0.1, -0.05) is 50.5 Å². The van der Waals surface area contributed by atoms with Gasteiger partial charge in [-0.2, -0.15) is 0 Å². The molecule has 1 aliphatic carbocycles. The van der Waals surface area contributed by atoms with Gasteiger partial charge in [-0.3, -0.25) is 0 Å². The van der Waals surface area contributed by atoms with E-state index < -0.39 is 0 Å². The van der Waals surface area contributed by atoms with Crippen molar-refractivity contribution in [3.05, 3.63) is 72.0 Å². The smallest absolute Gasteiger partial charge is 0.181 e. The summed E-state index contributed by atoms with van der Waals surface area (Å²) in [6.07, 6.45) is 16.2. The van der Waals surface area contributed by atoms with Gasteiger partial charge in [0.1, 0.15) is 0 Å². The van der Waals surface area contributed by atoms with Crippen molar-refractivity contribution in [2.24, 2.45) is 5.92 Å². The van der Waals surface area contributed by atoms with Crippen molar-refractivity contribution in [1.29, 1.82) is 0 Å². The van der Waals surface area contributed by atoms with E-state index >= 15 is 0 Å². The van der Waals surface area contributed by atoms with E-state index in [0.29, 0.717) is 5.92 Å². The van der Waals surface area contributed by atoms with Crippen molar-refractivity contribution >= 4 is 5.71 Å². The Bertz CT molecular complexity index is 620. The van der Waals surface area contributed by atoms with Crippen molar-refractivity contribution in [3.63, 3.8) is 0 Å². The second-order valence-electron chi connectivity index (χ2n) is 6.15. The summed E-state index contributed by atoms with van der Waals surface area (Å²) in [5.74, 6) is 0.635. The lowest BCUT2D eigenvalue weighted by Gasteiger charge is -2.26. The first-order valence-electron chi connectivity index (χ1n) is 8.25. The highest BCUT2D eigenvalue weighted by atomic mass is 15.0. The van der Waals surface area contributed by atoms with Crippen LogP contribution in [0, 0.1) is 5.92 Å². The standard InChI is InChI=1S/C21H28N/c1-6-8-11-16(3)17(4)14-22-15-19(7-2)21-13-10-9-12-20(21)18(22)5/h6,8,10-11,13-14,19H,1,3,7,9,12,15H2,2,4-5H3/q+1/b11-8-,17-14+. The van der Waals surface area contributed by atoms with E-state index in [9.17, 15) is 0 Å². The zero-order valence-corrected chi connectivity index (χ0v) is 14.2. The van der Waals surface area contributed by atoms with Crippen LogP contribution in [0.25, 0.3) is 0 Å². The van der Waals surface area contributed by atoms with Gasteiger partial charge in [0.25, 0.3) is 0 Å². The first-order chi connectivity index (χ1) is 10.6. The molecule has 2 aliphatic rings. The maximum absolute atomic E-state index is 4.14. The molecule has 0 aromatic carbocycles. The normalized spacial score (nSPS) is 22.3. The first kappa shape index (κ1) is 16.5. The zero-order valence-electron chi connectivity index (χ0n) is 14.2. The molecule has 1 unspecified atom stereocenters. The monoisotopic (exact) mass is 294 g/mol. The summed E-state index contributed by atoms with van der Waals surface area (Å²) >= 11 is 0. The molecule has 0 fully saturated rings. The van der Waals surface area contributed by atoms with E-state index in [0.717, 1.165) is 18.5 Å². The average molecular weight is 294 g/mol. The molecule has 0 bridgehead atoms. The van der Waals surface area contributed by atoms with E-state index in [4.69, 9.17) is 0 Å². The molecule has 0 aromatic rings. The number of nitrogens with zero attached hydrogens (tertiary/aromatic N) is 1. The second-order valence-corrected chi connectivity index (χ2v) is 6.15. The molecule has 0 spiro atoms. The lowest BCUT2D eigenvalue weighted by atomic mass is 9.82. The van der Waals surface area contributed by atoms with Crippen LogP contribution in [0.1, 0.15) is 40.0 Å². The minimum atomic E-state index is 0.635. The van der Waals surface area contributed by atoms with Crippen molar-refractivity contribution in [1.82, 2.24) is 0 Å². The predicted octanol–water partition coefficient (Wildman–Crippen LogP) is 5.35. The summed E-state index contributed by atoms with van der Waals surface area (Å²) in [4.78, 5) is 0. The van der Waals surface area contributed by atoms with Crippen molar-refractivity contribution in [3.8, 4) is 0 Å². The highest BCUT2D eigenvalue weighted by Gasteiger charge is 2.30. The number of allylic oxidation sites excluding steroid dienone is 8. The van der Waals surface area contributed by atoms with Crippen LogP contribution in [0.3, 0.4) is 0 Å². The van der Waals surface area contributed by atoms with Crippen LogP contribution in [-0.2, 0) is 0 Å². The second kappa shape index (κ2) is 7.40. The third kappa shape index (κ3) is 3.47. The molecule has 2 rings (SSSR count). The Morgan fingerprint density at radius 3 is 2.91 bits per heavy atom. The largest absolute Gasteiger partial charge is 0.202 e. The molecule has 116 valence electrons. The molecule has 1 aliphatic heterocycles. The Morgan fingerprint density at radius 2 is 2.23 bits per heavy atom. The highest BCUT2D eigenvalue weighted by molar-refractivity contribution is 5.96. The molecule has 0 amide bonds. The Labute approximate surface area is 135 Å². The Hall–Kier alpha value is -1.89. The molecule has 0 radical (unpaired) electrons. The molecular formula is C21H28N+. The van der Waals surface area contributed by atoms with Gasteiger partial charge in [-0.15, -0.1) is 0 Å². The summed E-state index contributed by atoms with van der Waals surface area (Å²) < 4.78 is 2.43. The van der Waals surface area contributed by atoms with Gasteiger partial charge in [-0.05, 0) is 37.3 Å². The van der Waals surface area contributed by atoms with Gasteiger partial charge in [-0.25, -0.2) is 4.58 Å². The average Bonchev–Trinajstić information content (AvgIpc) is 2.55. The van der Waals surface area contributed by atoms with Crippen LogP contribution in [0.15, 0.2) is 72.0 Å². The van der Waals surface area contributed by atoms with E-state index in [1.54, 1.807) is 17.2 Å². The minimum Gasteiger partial charge on any atom is -0.202 e. The molecule has 22 heavy (non-hydrogen) atoms. The number of rotatable bonds is 5. The van der Waals surface area contributed by atoms with Gasteiger partial charge >= 0.3 is 0 Å². The highest BCUT2D eigenvalue weighted by Crippen LogP contribution is 2.32. The van der Waals surface area contributed by atoms with Crippen LogP contribution in [0.5, 0.6) is 0 Å². The third-order valence-electron chi connectivity index (χ3n) is 4.71. The van der Waals surface area contributed by atoms with Gasteiger partial charge in [0.05, 0.1) is 0 Å². The fourth-order valence-corrected chi connectivity index (χ4v) is 3.23. The third-order valence-corrected chi connectivity index (χ3v) is 4.71. The molecular weight excluding hydrogens is 266 g/mol. The Morgan fingerprint density at radius 1 is 1.45 bits per heavy atom. The van der Waals surface area contributed by atoms with Crippen molar-refractivity contribution < 1.29 is 4.58 Å². The molecule has 0 saturated heterocycles. The molecule has 0 saturated carbocycles. The van der Waals surface area contributed by atoms with Gasteiger partial charge in [0.2, 0.25) is 0 Å². The molecule has 1 atom stereocenters. The number of hydrogen-bond donors (Lipinski definition) is 0. The van der Waals surface area contributed by atoms with Crippen LogP contribution >= 0.6 is 0 Å². The van der Waals surface area contributed by atoms with E-state index in [1.165, 1.54) is 24.1 Å². The summed E-state index contributed by atoms with van der Waals surface area (Å²) in [5.41, 5.74) is 6.78. The van der Waals surface area contributed by atoms with E-state index in [2.05, 4.69) is 56.9 Å². The molecule has 1 heterocycles. The predicted molar refractivity (Wildman–Crippen MR) is 97.2 cm³/mol. The van der Waals surface area contributed by atoms with Crippen molar-refractivity contribution in [2.45, 2.75) is 40.0 Å².